The van der Waals surface area contributed by atoms with Gasteiger partial charge in [0.25, 0.3) is 0 Å². The summed E-state index contributed by atoms with van der Waals surface area (Å²) < 4.78 is 18.5. The van der Waals surface area contributed by atoms with Crippen molar-refractivity contribution in [2.45, 2.75) is 0 Å². The van der Waals surface area contributed by atoms with Crippen LogP contribution in [0.25, 0.3) is 0 Å². The average molecular weight is 229 g/mol. The molecule has 2 rings (SSSR count). The first-order chi connectivity index (χ1) is 8.20. The summed E-state index contributed by atoms with van der Waals surface area (Å²) in [6.07, 6.45) is 1.31. The Hall–Kier alpha value is -2.61. The van der Waals surface area contributed by atoms with Gasteiger partial charge >= 0.3 is 0 Å². The number of nitrogens with two attached hydrogens (primary N) is 1. The lowest BCUT2D eigenvalue weighted by atomic mass is 10.3. The summed E-state index contributed by atoms with van der Waals surface area (Å²) >= 11 is 0. The molecule has 2 aromatic rings. The predicted molar refractivity (Wildman–Crippen MR) is 59.8 cm³/mol. The molecule has 0 saturated heterocycles. The van der Waals surface area contributed by atoms with Gasteiger partial charge in [0, 0.05) is 6.20 Å². The van der Waals surface area contributed by atoms with E-state index in [9.17, 15) is 4.39 Å². The SMILES string of the molecule is N#Cc1cnc(Oc2ccccc2F)c(N)c1. The fraction of sp³-hybridized carbons (Fsp3) is 0. The highest BCUT2D eigenvalue weighted by atomic mass is 19.1. The van der Waals surface area contributed by atoms with Crippen LogP contribution in [0.2, 0.25) is 0 Å². The number of benzene rings is 1. The van der Waals surface area contributed by atoms with E-state index in [0.717, 1.165) is 0 Å². The van der Waals surface area contributed by atoms with E-state index < -0.39 is 5.82 Å². The lowest BCUT2D eigenvalue weighted by Crippen LogP contribution is -1.97. The maximum Gasteiger partial charge on any atom is 0.242 e. The first-order valence-electron chi connectivity index (χ1n) is 4.78. The highest BCUT2D eigenvalue weighted by Gasteiger charge is 2.08. The fourth-order valence-electron chi connectivity index (χ4n) is 1.25. The first kappa shape index (κ1) is 10.9. The molecule has 4 nitrogen and oxygen atoms in total. The van der Waals surface area contributed by atoms with Crippen LogP contribution in [0.3, 0.4) is 0 Å². The number of nitriles is 1. The van der Waals surface area contributed by atoms with Crippen molar-refractivity contribution in [2.75, 3.05) is 5.73 Å². The minimum absolute atomic E-state index is 0.0383. The third kappa shape index (κ3) is 2.32. The van der Waals surface area contributed by atoms with Crippen LogP contribution in [0.4, 0.5) is 10.1 Å². The number of aromatic nitrogens is 1. The van der Waals surface area contributed by atoms with Crippen LogP contribution in [-0.4, -0.2) is 4.98 Å². The summed E-state index contributed by atoms with van der Waals surface area (Å²) in [7, 11) is 0. The minimum atomic E-state index is -0.502. The Kier molecular flexibility index (Phi) is 2.88. The Balaban J connectivity index is 2.32. The summed E-state index contributed by atoms with van der Waals surface area (Å²) in [6, 6.07) is 9.25. The number of hydrogen-bond donors (Lipinski definition) is 1. The standard InChI is InChI=1S/C12H8FN3O/c13-9-3-1-2-4-11(9)17-12-10(15)5-8(6-14)7-16-12/h1-5,7H,15H2. The van der Waals surface area contributed by atoms with Crippen molar-refractivity contribution >= 4 is 5.69 Å². The quantitative estimate of drug-likeness (QED) is 0.858. The van der Waals surface area contributed by atoms with E-state index in [1.165, 1.54) is 24.4 Å². The third-order valence-electron chi connectivity index (χ3n) is 2.05. The van der Waals surface area contributed by atoms with Crippen molar-refractivity contribution in [3.05, 3.63) is 47.9 Å². The van der Waals surface area contributed by atoms with E-state index in [1.807, 2.05) is 6.07 Å². The Bertz CT molecular complexity index is 593. The summed E-state index contributed by atoms with van der Waals surface area (Å²) in [5.41, 5.74) is 6.14. The van der Waals surface area contributed by atoms with E-state index >= 15 is 0 Å². The van der Waals surface area contributed by atoms with E-state index in [-0.39, 0.29) is 17.3 Å². The van der Waals surface area contributed by atoms with Gasteiger partial charge in [0.2, 0.25) is 5.88 Å². The molecule has 0 fully saturated rings. The van der Waals surface area contributed by atoms with Crippen molar-refractivity contribution in [1.29, 1.82) is 5.26 Å². The van der Waals surface area contributed by atoms with Crippen LogP contribution in [0.5, 0.6) is 11.6 Å². The van der Waals surface area contributed by atoms with Gasteiger partial charge in [0.05, 0.1) is 11.3 Å². The van der Waals surface area contributed by atoms with Gasteiger partial charge in [-0.2, -0.15) is 5.26 Å². The number of para-hydroxylation sites is 1. The van der Waals surface area contributed by atoms with Gasteiger partial charge in [0.1, 0.15) is 6.07 Å². The highest BCUT2D eigenvalue weighted by molar-refractivity contribution is 5.53. The van der Waals surface area contributed by atoms with Gasteiger partial charge in [-0.1, -0.05) is 12.1 Å². The average Bonchev–Trinajstić information content (AvgIpc) is 2.34. The molecule has 0 aliphatic heterocycles. The smallest absolute Gasteiger partial charge is 0.242 e. The molecule has 1 heterocycles. The molecule has 0 saturated carbocycles. The highest BCUT2D eigenvalue weighted by Crippen LogP contribution is 2.27. The van der Waals surface area contributed by atoms with Crippen molar-refractivity contribution in [1.82, 2.24) is 4.98 Å². The second-order valence-electron chi connectivity index (χ2n) is 3.26. The van der Waals surface area contributed by atoms with E-state index in [4.69, 9.17) is 15.7 Å². The summed E-state index contributed by atoms with van der Waals surface area (Å²) in [6.45, 7) is 0. The van der Waals surface area contributed by atoms with Crippen LogP contribution in [0.1, 0.15) is 5.56 Å². The molecule has 0 bridgehead atoms. The largest absolute Gasteiger partial charge is 0.434 e. The van der Waals surface area contributed by atoms with Crippen molar-refractivity contribution < 1.29 is 9.13 Å². The first-order valence-corrected chi connectivity index (χ1v) is 4.78. The van der Waals surface area contributed by atoms with Crippen molar-refractivity contribution in [3.63, 3.8) is 0 Å². The molecule has 0 amide bonds. The number of nitrogen functional groups attached to an aromatic ring is 1. The molecule has 2 N–H and O–H groups in total. The van der Waals surface area contributed by atoms with Gasteiger partial charge < -0.3 is 10.5 Å². The third-order valence-corrected chi connectivity index (χ3v) is 2.05. The van der Waals surface area contributed by atoms with Gasteiger partial charge in [-0.05, 0) is 18.2 Å². The van der Waals surface area contributed by atoms with Crippen LogP contribution >= 0.6 is 0 Å². The topological polar surface area (TPSA) is 71.9 Å². The molecule has 0 aliphatic carbocycles. The van der Waals surface area contributed by atoms with E-state index in [0.29, 0.717) is 5.56 Å². The summed E-state index contributed by atoms with van der Waals surface area (Å²) in [4.78, 5) is 3.85. The Morgan fingerprint density at radius 1 is 1.35 bits per heavy atom. The molecule has 5 heteroatoms. The zero-order chi connectivity index (χ0) is 12.3. The van der Waals surface area contributed by atoms with Gasteiger partial charge in [-0.3, -0.25) is 0 Å². The Labute approximate surface area is 97.1 Å². The summed E-state index contributed by atoms with van der Waals surface area (Å²) in [5, 5.41) is 8.64. The van der Waals surface area contributed by atoms with Crippen LogP contribution in [0, 0.1) is 17.1 Å². The Morgan fingerprint density at radius 3 is 2.76 bits per heavy atom. The Morgan fingerprint density at radius 2 is 2.12 bits per heavy atom. The number of hydrogen-bond acceptors (Lipinski definition) is 4. The lowest BCUT2D eigenvalue weighted by molar-refractivity contribution is 0.429. The van der Waals surface area contributed by atoms with Crippen LogP contribution < -0.4 is 10.5 Å². The minimum Gasteiger partial charge on any atom is -0.434 e. The number of rotatable bonds is 2. The molecular weight excluding hydrogens is 221 g/mol. The van der Waals surface area contributed by atoms with Crippen molar-refractivity contribution in [2.24, 2.45) is 0 Å². The molecule has 0 spiro atoms. The maximum atomic E-state index is 13.3. The molecule has 84 valence electrons. The molecule has 0 atom stereocenters. The molecule has 1 aromatic carbocycles. The van der Waals surface area contributed by atoms with Crippen LogP contribution in [-0.2, 0) is 0 Å². The lowest BCUT2D eigenvalue weighted by Gasteiger charge is -2.07. The monoisotopic (exact) mass is 229 g/mol. The van der Waals surface area contributed by atoms with Gasteiger partial charge in [-0.25, -0.2) is 9.37 Å². The number of halogens is 1. The van der Waals surface area contributed by atoms with E-state index in [1.54, 1.807) is 12.1 Å². The second-order valence-corrected chi connectivity index (χ2v) is 3.26. The van der Waals surface area contributed by atoms with Crippen molar-refractivity contribution in [3.8, 4) is 17.7 Å². The normalized spacial score (nSPS) is 9.65. The maximum absolute atomic E-state index is 13.3. The zero-order valence-electron chi connectivity index (χ0n) is 8.72. The predicted octanol–water partition coefficient (Wildman–Crippen LogP) is 2.47. The number of anilines is 1. The zero-order valence-corrected chi connectivity index (χ0v) is 8.72. The molecule has 0 unspecified atom stereocenters. The van der Waals surface area contributed by atoms with Crippen LogP contribution in [0.15, 0.2) is 36.5 Å². The number of ether oxygens (including phenoxy) is 1. The molecular formula is C12H8FN3O. The fourth-order valence-corrected chi connectivity index (χ4v) is 1.25. The van der Waals surface area contributed by atoms with Gasteiger partial charge in [-0.15, -0.1) is 0 Å². The number of pyridine rings is 1. The molecule has 1 aromatic heterocycles. The number of nitrogens with zero attached hydrogens (tertiary/aromatic N) is 2. The molecule has 0 aliphatic rings. The second kappa shape index (κ2) is 4.49. The molecule has 0 radical (unpaired) electrons. The molecule has 17 heavy (non-hydrogen) atoms. The summed E-state index contributed by atoms with van der Waals surface area (Å²) in [5.74, 6) is -0.386. The van der Waals surface area contributed by atoms with Gasteiger partial charge in [0.15, 0.2) is 11.6 Å². The van der Waals surface area contributed by atoms with E-state index in [2.05, 4.69) is 4.98 Å².